The maximum atomic E-state index is 12.3. The molecule has 4 aliphatic carbocycles. The lowest BCUT2D eigenvalue weighted by atomic mass is 9.49. The van der Waals surface area contributed by atoms with E-state index in [4.69, 9.17) is 18.9 Å². The van der Waals surface area contributed by atoms with Gasteiger partial charge < -0.3 is 29.2 Å². The van der Waals surface area contributed by atoms with Gasteiger partial charge in [0, 0.05) is 22.7 Å². The molecule has 6 rings (SSSR count). The number of carboxylic acids is 2. The summed E-state index contributed by atoms with van der Waals surface area (Å²) in [6.45, 7) is 19.9. The van der Waals surface area contributed by atoms with E-state index in [1.54, 1.807) is 0 Å². The second-order valence-corrected chi connectivity index (χ2v) is 14.5. The van der Waals surface area contributed by atoms with E-state index in [0.29, 0.717) is 13.2 Å². The molecule has 0 bridgehead atoms. The van der Waals surface area contributed by atoms with E-state index in [9.17, 15) is 19.8 Å². The molecule has 2 N–H and O–H groups in total. The number of ether oxygens (including phenoxy) is 4. The van der Waals surface area contributed by atoms with Crippen LogP contribution in [-0.2, 0) is 28.5 Å². The third kappa shape index (κ3) is 2.47. The summed E-state index contributed by atoms with van der Waals surface area (Å²) in [5.41, 5.74) is -2.09. The Balaban J connectivity index is 1.18. The Hall–Kier alpha value is -1.22. The topological polar surface area (TPSA) is 112 Å². The quantitative estimate of drug-likeness (QED) is 0.452. The Kier molecular flexibility index (Phi) is 5.35. The van der Waals surface area contributed by atoms with Gasteiger partial charge in [-0.05, 0) is 43.4 Å². The van der Waals surface area contributed by atoms with E-state index < -0.39 is 35.0 Å². The fraction of sp³-hybridized carbons (Fsp3) is 0.933. The molecule has 6 aliphatic rings. The standard InChI is InChI=1S/C30H46O8/c1-10-25(5)17(23(31)32)21-27(25,7)28(21,8)37-15-12-35-20-16(13-36-19(15)20)38-29(9)22-18(24(33)34)26(6,11-2)30(22,29)14(3)4/h14-22H,10-13H2,1-9H3,(H,31,32)(H,33,34)/t15-,16-,17?,18?,19+,20+,21?,22?,25?,26?,27?,28?,29?,30?/m0/s1. The number of hydrogen-bond donors (Lipinski definition) is 2. The Morgan fingerprint density at radius 1 is 0.789 bits per heavy atom. The van der Waals surface area contributed by atoms with E-state index in [2.05, 4.69) is 62.3 Å². The number of carbonyl (C=O) groups is 2. The summed E-state index contributed by atoms with van der Waals surface area (Å²) in [5, 5.41) is 20.1. The van der Waals surface area contributed by atoms with Crippen LogP contribution in [0.2, 0.25) is 0 Å². The minimum Gasteiger partial charge on any atom is -0.481 e. The molecule has 2 heterocycles. The van der Waals surface area contributed by atoms with Crippen molar-refractivity contribution < 1.29 is 38.7 Å². The van der Waals surface area contributed by atoms with Gasteiger partial charge in [-0.2, -0.15) is 0 Å². The average molecular weight is 535 g/mol. The predicted molar refractivity (Wildman–Crippen MR) is 137 cm³/mol. The highest BCUT2D eigenvalue weighted by molar-refractivity contribution is 5.77. The highest BCUT2D eigenvalue weighted by atomic mass is 16.7. The molecule has 14 atom stereocenters. The van der Waals surface area contributed by atoms with Gasteiger partial charge in [-0.1, -0.05) is 48.5 Å². The van der Waals surface area contributed by atoms with E-state index >= 15 is 0 Å². The molecule has 214 valence electrons. The van der Waals surface area contributed by atoms with Gasteiger partial charge >= 0.3 is 11.9 Å². The van der Waals surface area contributed by atoms with Crippen molar-refractivity contribution in [2.24, 2.45) is 51.2 Å². The second kappa shape index (κ2) is 7.54. The Labute approximate surface area is 226 Å². The number of hydrogen-bond acceptors (Lipinski definition) is 6. The summed E-state index contributed by atoms with van der Waals surface area (Å²) in [4.78, 5) is 24.4. The van der Waals surface area contributed by atoms with Gasteiger partial charge in [-0.15, -0.1) is 0 Å². The smallest absolute Gasteiger partial charge is 0.307 e. The Morgan fingerprint density at radius 2 is 1.24 bits per heavy atom. The first-order valence-corrected chi connectivity index (χ1v) is 14.6. The zero-order valence-corrected chi connectivity index (χ0v) is 24.4. The van der Waals surface area contributed by atoms with Crippen molar-refractivity contribution in [1.29, 1.82) is 0 Å². The van der Waals surface area contributed by atoms with Crippen LogP contribution in [-0.4, -0.2) is 71.0 Å². The summed E-state index contributed by atoms with van der Waals surface area (Å²) in [6.07, 6.45) is 0.455. The summed E-state index contributed by atoms with van der Waals surface area (Å²) in [6, 6.07) is 0. The molecular weight excluding hydrogens is 488 g/mol. The molecule has 8 nitrogen and oxygen atoms in total. The summed E-state index contributed by atoms with van der Waals surface area (Å²) in [5.74, 6) is -2.04. The van der Waals surface area contributed by atoms with Crippen LogP contribution < -0.4 is 0 Å². The van der Waals surface area contributed by atoms with Gasteiger partial charge in [0.2, 0.25) is 0 Å². The molecule has 4 saturated carbocycles. The molecule has 0 aromatic carbocycles. The number of rotatable bonds is 9. The van der Waals surface area contributed by atoms with E-state index in [-0.39, 0.29) is 63.8 Å². The molecule has 0 spiro atoms. The fourth-order valence-electron chi connectivity index (χ4n) is 11.8. The zero-order valence-electron chi connectivity index (χ0n) is 24.4. The van der Waals surface area contributed by atoms with Gasteiger partial charge in [-0.3, -0.25) is 9.59 Å². The fourth-order valence-corrected chi connectivity index (χ4v) is 11.8. The van der Waals surface area contributed by atoms with Gasteiger partial charge in [0.15, 0.2) is 0 Å². The Bertz CT molecular complexity index is 1080. The SMILES string of the molecule is CCC1(C)C(C(=O)O)C2C(C)(O[C@H]3CO[C@H]4[C@@H]3OC[C@@H]4OC3(C)C4C(C(=O)O)C(C)(CC)C43C(C)C)C21C. The van der Waals surface area contributed by atoms with Crippen molar-refractivity contribution in [3.63, 3.8) is 0 Å². The van der Waals surface area contributed by atoms with Gasteiger partial charge in [0.25, 0.3) is 0 Å². The van der Waals surface area contributed by atoms with Crippen LogP contribution in [0.5, 0.6) is 0 Å². The summed E-state index contributed by atoms with van der Waals surface area (Å²) < 4.78 is 26.1. The van der Waals surface area contributed by atoms with Crippen LogP contribution in [0.15, 0.2) is 0 Å². The second-order valence-electron chi connectivity index (χ2n) is 14.5. The highest BCUT2D eigenvalue weighted by Crippen LogP contribution is 2.90. The van der Waals surface area contributed by atoms with Crippen LogP contribution in [0.3, 0.4) is 0 Å². The number of fused-ring (bicyclic) bond motifs is 3. The molecule has 8 heteroatoms. The minimum absolute atomic E-state index is 0.0171. The van der Waals surface area contributed by atoms with Gasteiger partial charge in [0.05, 0.1) is 36.3 Å². The molecule has 0 radical (unpaired) electrons. The summed E-state index contributed by atoms with van der Waals surface area (Å²) >= 11 is 0. The molecule has 0 aromatic rings. The van der Waals surface area contributed by atoms with Crippen LogP contribution in [0, 0.1) is 51.2 Å². The van der Waals surface area contributed by atoms with Crippen molar-refractivity contribution in [1.82, 2.24) is 0 Å². The monoisotopic (exact) mass is 534 g/mol. The third-order valence-electron chi connectivity index (χ3n) is 13.8. The first-order chi connectivity index (χ1) is 17.6. The lowest BCUT2D eigenvalue weighted by Crippen LogP contribution is -2.55. The zero-order chi connectivity index (χ0) is 28.0. The number of carboxylic acid groups (broad SMARTS) is 2. The van der Waals surface area contributed by atoms with Crippen molar-refractivity contribution in [2.45, 2.75) is 111 Å². The normalized spacial score (nSPS) is 59.4. The molecule has 2 saturated heterocycles. The first kappa shape index (κ1) is 27.0. The van der Waals surface area contributed by atoms with Crippen molar-refractivity contribution in [2.75, 3.05) is 13.2 Å². The van der Waals surface area contributed by atoms with Crippen molar-refractivity contribution in [3.8, 4) is 0 Å². The maximum absolute atomic E-state index is 12.3. The highest BCUT2D eigenvalue weighted by Gasteiger charge is 2.95. The Morgan fingerprint density at radius 3 is 1.63 bits per heavy atom. The first-order valence-electron chi connectivity index (χ1n) is 14.6. The van der Waals surface area contributed by atoms with E-state index in [1.165, 1.54) is 0 Å². The lowest BCUT2D eigenvalue weighted by molar-refractivity contribution is -0.168. The van der Waals surface area contributed by atoms with Crippen molar-refractivity contribution in [3.05, 3.63) is 0 Å². The maximum Gasteiger partial charge on any atom is 0.307 e. The molecule has 2 aliphatic heterocycles. The van der Waals surface area contributed by atoms with Crippen LogP contribution in [0.1, 0.15) is 75.2 Å². The predicted octanol–water partition coefficient (Wildman–Crippen LogP) is 4.24. The summed E-state index contributed by atoms with van der Waals surface area (Å²) in [7, 11) is 0. The van der Waals surface area contributed by atoms with Crippen LogP contribution in [0.25, 0.3) is 0 Å². The molecule has 6 fully saturated rings. The molecule has 10 unspecified atom stereocenters. The minimum atomic E-state index is -0.736. The van der Waals surface area contributed by atoms with Crippen LogP contribution >= 0.6 is 0 Å². The van der Waals surface area contributed by atoms with Crippen molar-refractivity contribution >= 4 is 11.9 Å². The average Bonchev–Trinajstić information content (AvgIpc) is 3.22. The molecule has 0 amide bonds. The van der Waals surface area contributed by atoms with E-state index in [0.717, 1.165) is 12.8 Å². The van der Waals surface area contributed by atoms with Crippen LogP contribution in [0.4, 0.5) is 0 Å². The molecular formula is C30H46O8. The third-order valence-corrected chi connectivity index (χ3v) is 13.8. The largest absolute Gasteiger partial charge is 0.481 e. The van der Waals surface area contributed by atoms with Gasteiger partial charge in [0.1, 0.15) is 24.4 Å². The molecule has 38 heavy (non-hydrogen) atoms. The molecule has 0 aromatic heterocycles. The number of aliphatic carboxylic acids is 2. The van der Waals surface area contributed by atoms with E-state index in [1.807, 2.05) is 0 Å². The lowest BCUT2D eigenvalue weighted by Gasteiger charge is -2.53. The van der Waals surface area contributed by atoms with Gasteiger partial charge in [-0.25, -0.2) is 0 Å².